The zero-order valence-corrected chi connectivity index (χ0v) is 19.4. The minimum absolute atomic E-state index is 0.0765. The van der Waals surface area contributed by atoms with E-state index in [0.29, 0.717) is 21.7 Å². The van der Waals surface area contributed by atoms with Crippen LogP contribution in [-0.2, 0) is 9.59 Å². The Labute approximate surface area is 196 Å². The van der Waals surface area contributed by atoms with Gasteiger partial charge in [-0.15, -0.1) is 10.2 Å². The quantitative estimate of drug-likeness (QED) is 0.468. The van der Waals surface area contributed by atoms with E-state index >= 15 is 0 Å². The second kappa shape index (κ2) is 10.2. The molecule has 1 heterocycles. The van der Waals surface area contributed by atoms with Crippen LogP contribution >= 0.6 is 22.9 Å². The maximum Gasteiger partial charge on any atom is 0.227 e. The van der Waals surface area contributed by atoms with Crippen molar-refractivity contribution in [3.8, 4) is 10.6 Å². The Bertz CT molecular complexity index is 1080. The van der Waals surface area contributed by atoms with E-state index in [2.05, 4.69) is 15.5 Å². The Morgan fingerprint density at radius 1 is 1.16 bits per heavy atom. The SMILES string of the molecule is CC(c1ccccc1)N(CCC(=O)Nc1nnc(-c2cccc(Cl)c2)s1)C(=O)C1CCC1. The standard InChI is InChI=1S/C24H25ClN4O2S/c1-16(17-7-3-2-4-8-17)29(23(31)18-9-5-10-18)14-13-21(30)26-24-28-27-22(32-24)19-11-6-12-20(25)15-19/h2-4,6-8,11-12,15-16,18H,5,9-10,13-14H2,1H3,(H,26,28,30). The molecule has 166 valence electrons. The number of carbonyl (C=O) groups is 2. The van der Waals surface area contributed by atoms with Crippen LogP contribution in [0, 0.1) is 5.92 Å². The van der Waals surface area contributed by atoms with Crippen LogP contribution in [0.1, 0.15) is 44.2 Å². The largest absolute Gasteiger partial charge is 0.335 e. The number of nitrogens with zero attached hydrogens (tertiary/aromatic N) is 3. The minimum Gasteiger partial charge on any atom is -0.335 e. The van der Waals surface area contributed by atoms with Crippen molar-refractivity contribution in [3.05, 3.63) is 65.2 Å². The lowest BCUT2D eigenvalue weighted by Gasteiger charge is -2.35. The maximum atomic E-state index is 13.1. The zero-order valence-electron chi connectivity index (χ0n) is 17.8. The van der Waals surface area contributed by atoms with Crippen molar-refractivity contribution < 1.29 is 9.59 Å². The van der Waals surface area contributed by atoms with Gasteiger partial charge in [-0.3, -0.25) is 9.59 Å². The van der Waals surface area contributed by atoms with E-state index in [4.69, 9.17) is 11.6 Å². The molecular formula is C24H25ClN4O2S. The maximum absolute atomic E-state index is 13.1. The van der Waals surface area contributed by atoms with Crippen LogP contribution in [0.2, 0.25) is 5.02 Å². The first-order chi connectivity index (χ1) is 15.5. The third-order valence-corrected chi connectivity index (χ3v) is 6.93. The summed E-state index contributed by atoms with van der Waals surface area (Å²) in [6, 6.07) is 17.2. The predicted molar refractivity (Wildman–Crippen MR) is 128 cm³/mol. The molecule has 6 nitrogen and oxygen atoms in total. The highest BCUT2D eigenvalue weighted by molar-refractivity contribution is 7.18. The molecule has 1 N–H and O–H groups in total. The monoisotopic (exact) mass is 468 g/mol. The number of rotatable bonds is 8. The number of aromatic nitrogens is 2. The van der Waals surface area contributed by atoms with Crippen LogP contribution in [0.5, 0.6) is 0 Å². The number of hydrogen-bond acceptors (Lipinski definition) is 5. The fourth-order valence-electron chi connectivity index (χ4n) is 3.71. The van der Waals surface area contributed by atoms with Gasteiger partial charge in [-0.1, -0.05) is 71.8 Å². The minimum atomic E-state index is -0.189. The van der Waals surface area contributed by atoms with Crippen molar-refractivity contribution in [2.45, 2.75) is 38.6 Å². The van der Waals surface area contributed by atoms with Crippen molar-refractivity contribution in [1.82, 2.24) is 15.1 Å². The Kier molecular flexibility index (Phi) is 7.17. The summed E-state index contributed by atoms with van der Waals surface area (Å²) in [5, 5.41) is 12.8. The van der Waals surface area contributed by atoms with Crippen molar-refractivity contribution in [3.63, 3.8) is 0 Å². The number of hydrogen-bond donors (Lipinski definition) is 1. The molecule has 1 aliphatic carbocycles. The molecule has 1 aromatic heterocycles. The summed E-state index contributed by atoms with van der Waals surface area (Å²) in [4.78, 5) is 27.5. The Morgan fingerprint density at radius 2 is 1.94 bits per heavy atom. The molecule has 1 atom stereocenters. The first-order valence-corrected chi connectivity index (χ1v) is 12.0. The smallest absolute Gasteiger partial charge is 0.227 e. The van der Waals surface area contributed by atoms with E-state index in [1.165, 1.54) is 11.3 Å². The lowest BCUT2D eigenvalue weighted by Crippen LogP contribution is -2.41. The molecule has 3 aromatic rings. The molecule has 2 amide bonds. The molecule has 32 heavy (non-hydrogen) atoms. The van der Waals surface area contributed by atoms with Gasteiger partial charge in [-0.2, -0.15) is 0 Å². The van der Waals surface area contributed by atoms with Crippen LogP contribution in [0.3, 0.4) is 0 Å². The van der Waals surface area contributed by atoms with Crippen LogP contribution in [0.25, 0.3) is 10.6 Å². The van der Waals surface area contributed by atoms with Gasteiger partial charge in [0.25, 0.3) is 0 Å². The van der Waals surface area contributed by atoms with Crippen molar-refractivity contribution >= 4 is 39.9 Å². The zero-order chi connectivity index (χ0) is 22.5. The Balaban J connectivity index is 1.39. The fraction of sp³-hybridized carbons (Fsp3) is 0.333. The lowest BCUT2D eigenvalue weighted by atomic mass is 9.84. The average molecular weight is 469 g/mol. The van der Waals surface area contributed by atoms with E-state index < -0.39 is 0 Å². The highest BCUT2D eigenvalue weighted by Gasteiger charge is 2.32. The molecule has 0 spiro atoms. The molecule has 4 rings (SSSR count). The number of amides is 2. The lowest BCUT2D eigenvalue weighted by molar-refractivity contribution is -0.140. The summed E-state index contributed by atoms with van der Waals surface area (Å²) in [7, 11) is 0. The normalized spacial score (nSPS) is 14.4. The van der Waals surface area contributed by atoms with Gasteiger partial charge in [-0.05, 0) is 37.5 Å². The third kappa shape index (κ3) is 5.34. The third-order valence-electron chi connectivity index (χ3n) is 5.81. The van der Waals surface area contributed by atoms with E-state index in [-0.39, 0.29) is 30.2 Å². The molecule has 1 aliphatic rings. The summed E-state index contributed by atoms with van der Waals surface area (Å²) in [5.41, 5.74) is 1.92. The molecule has 1 unspecified atom stereocenters. The van der Waals surface area contributed by atoms with Gasteiger partial charge in [0.15, 0.2) is 0 Å². The van der Waals surface area contributed by atoms with Gasteiger partial charge < -0.3 is 10.2 Å². The molecule has 2 aromatic carbocycles. The molecule has 1 fully saturated rings. The van der Waals surface area contributed by atoms with E-state index in [1.807, 2.05) is 60.4 Å². The first-order valence-electron chi connectivity index (χ1n) is 10.8. The van der Waals surface area contributed by atoms with Crippen molar-refractivity contribution in [2.24, 2.45) is 5.92 Å². The van der Waals surface area contributed by atoms with E-state index in [0.717, 1.165) is 30.4 Å². The van der Waals surface area contributed by atoms with Gasteiger partial charge in [0.05, 0.1) is 6.04 Å². The summed E-state index contributed by atoms with van der Waals surface area (Å²) >= 11 is 7.33. The molecule has 0 aliphatic heterocycles. The van der Waals surface area contributed by atoms with E-state index in [1.54, 1.807) is 6.07 Å². The highest BCUT2D eigenvalue weighted by atomic mass is 35.5. The van der Waals surface area contributed by atoms with E-state index in [9.17, 15) is 9.59 Å². The number of halogens is 1. The van der Waals surface area contributed by atoms with Gasteiger partial charge in [0, 0.05) is 29.5 Å². The Hall–Kier alpha value is -2.77. The highest BCUT2D eigenvalue weighted by Crippen LogP contribution is 2.32. The number of carbonyl (C=O) groups excluding carboxylic acids is 2. The summed E-state index contributed by atoms with van der Waals surface area (Å²) < 4.78 is 0. The second-order valence-electron chi connectivity index (χ2n) is 7.97. The van der Waals surface area contributed by atoms with Crippen LogP contribution in [-0.4, -0.2) is 33.5 Å². The predicted octanol–water partition coefficient (Wildman–Crippen LogP) is 5.58. The number of anilines is 1. The van der Waals surface area contributed by atoms with Crippen LogP contribution < -0.4 is 5.32 Å². The second-order valence-corrected chi connectivity index (χ2v) is 9.38. The van der Waals surface area contributed by atoms with Gasteiger partial charge in [0.1, 0.15) is 5.01 Å². The number of nitrogens with one attached hydrogen (secondary N) is 1. The molecule has 8 heteroatoms. The summed E-state index contributed by atoms with van der Waals surface area (Å²) in [5.74, 6) is 0.0256. The molecular weight excluding hydrogens is 444 g/mol. The summed E-state index contributed by atoms with van der Waals surface area (Å²) in [6.45, 7) is 2.38. The Morgan fingerprint density at radius 3 is 2.62 bits per heavy atom. The summed E-state index contributed by atoms with van der Waals surface area (Å²) in [6.07, 6.45) is 3.15. The molecule has 0 radical (unpaired) electrons. The van der Waals surface area contributed by atoms with Crippen LogP contribution in [0.15, 0.2) is 54.6 Å². The van der Waals surface area contributed by atoms with Gasteiger partial charge >= 0.3 is 0 Å². The average Bonchev–Trinajstić information content (AvgIpc) is 3.21. The first kappa shape index (κ1) is 22.4. The fourth-order valence-corrected chi connectivity index (χ4v) is 4.66. The van der Waals surface area contributed by atoms with Crippen molar-refractivity contribution in [2.75, 3.05) is 11.9 Å². The topological polar surface area (TPSA) is 75.2 Å². The van der Waals surface area contributed by atoms with Gasteiger partial charge in [-0.25, -0.2) is 0 Å². The number of benzene rings is 2. The van der Waals surface area contributed by atoms with Crippen molar-refractivity contribution in [1.29, 1.82) is 0 Å². The molecule has 1 saturated carbocycles. The molecule has 0 saturated heterocycles. The van der Waals surface area contributed by atoms with Gasteiger partial charge in [0.2, 0.25) is 16.9 Å². The molecule has 0 bridgehead atoms. The van der Waals surface area contributed by atoms with Crippen LogP contribution in [0.4, 0.5) is 5.13 Å².